The number of hydrogen-bond donors (Lipinski definition) is 6. The largest absolute Gasteiger partial charge is 0.479 e. The first-order valence-electron chi connectivity index (χ1n) is 5.34. The van der Waals surface area contributed by atoms with Gasteiger partial charge in [0, 0.05) is 7.11 Å². The molecule has 0 radical (unpaired) electrons. The summed E-state index contributed by atoms with van der Waals surface area (Å²) in [4.78, 5) is 23.0. The minimum Gasteiger partial charge on any atom is -0.479 e. The zero-order valence-corrected chi connectivity index (χ0v) is 10.6. The molecule has 0 aromatic heterocycles. The molecule has 0 fully saturated rings. The van der Waals surface area contributed by atoms with Gasteiger partial charge in [-0.1, -0.05) is 0 Å². The Hall–Kier alpha value is -1.10. The maximum atomic E-state index is 11.7. The number of carboxylic acid groups (broad SMARTS) is 1. The van der Waals surface area contributed by atoms with Crippen molar-refractivity contribution in [2.45, 2.75) is 30.3 Å². The summed E-state index contributed by atoms with van der Waals surface area (Å²) < 4.78 is 4.60. The average molecular weight is 281 g/mol. The van der Waals surface area contributed by atoms with Crippen LogP contribution in [0.25, 0.3) is 0 Å². The summed E-state index contributed by atoms with van der Waals surface area (Å²) in [6, 6.07) is 0. The lowest BCUT2D eigenvalue weighted by Gasteiger charge is -2.43. The standard InChI is InChI=1S/C10H19NO8/c1-9(18,7(15)5(13)4-12)10(19-2,8(16)17)6(14)3-11/h5,7,12-13,15,18H,3-4,11H2,1-2H3,(H,16,17)/t5-,7-,9+,10+/m1/s1. The van der Waals surface area contributed by atoms with Gasteiger partial charge in [0.2, 0.25) is 0 Å². The van der Waals surface area contributed by atoms with Gasteiger partial charge in [-0.05, 0) is 6.92 Å². The molecule has 0 aliphatic carbocycles. The van der Waals surface area contributed by atoms with Crippen LogP contribution in [0.1, 0.15) is 6.92 Å². The zero-order valence-electron chi connectivity index (χ0n) is 10.6. The second kappa shape index (κ2) is 6.37. The first kappa shape index (κ1) is 17.9. The Morgan fingerprint density at radius 3 is 2.11 bits per heavy atom. The molecule has 0 aliphatic rings. The van der Waals surface area contributed by atoms with Gasteiger partial charge in [0.25, 0.3) is 5.60 Å². The summed E-state index contributed by atoms with van der Waals surface area (Å²) in [7, 11) is 0.841. The highest BCUT2D eigenvalue weighted by atomic mass is 16.5. The molecule has 9 heteroatoms. The van der Waals surface area contributed by atoms with E-state index in [9.17, 15) is 24.9 Å². The number of Topliss-reactive ketones (excluding diaryl/α,β-unsaturated/α-hetero) is 1. The van der Waals surface area contributed by atoms with Crippen LogP contribution in [0.15, 0.2) is 0 Å². The molecule has 0 rings (SSSR count). The number of ether oxygens (including phenoxy) is 1. The number of aliphatic hydroxyl groups excluding tert-OH is 3. The van der Waals surface area contributed by atoms with Crippen molar-refractivity contribution in [1.82, 2.24) is 0 Å². The lowest BCUT2D eigenvalue weighted by atomic mass is 9.75. The molecule has 4 atom stereocenters. The molecule has 9 nitrogen and oxygen atoms in total. The molecule has 19 heavy (non-hydrogen) atoms. The van der Waals surface area contributed by atoms with Crippen LogP contribution >= 0.6 is 0 Å². The van der Waals surface area contributed by atoms with Crippen LogP contribution in [0.4, 0.5) is 0 Å². The molecule has 0 amide bonds. The molecule has 0 heterocycles. The van der Waals surface area contributed by atoms with E-state index < -0.39 is 48.3 Å². The summed E-state index contributed by atoms with van der Waals surface area (Å²) in [5.41, 5.74) is -0.500. The van der Waals surface area contributed by atoms with Crippen LogP contribution in [0, 0.1) is 0 Å². The lowest BCUT2D eigenvalue weighted by Crippen LogP contribution is -2.71. The molecule has 7 N–H and O–H groups in total. The number of methoxy groups -OCH3 is 1. The van der Waals surface area contributed by atoms with Crippen molar-refractivity contribution in [2.75, 3.05) is 20.3 Å². The number of ketones is 1. The van der Waals surface area contributed by atoms with Crippen molar-refractivity contribution in [3.8, 4) is 0 Å². The molecule has 0 aliphatic heterocycles. The molecule has 0 aromatic rings. The van der Waals surface area contributed by atoms with Crippen LogP contribution in [-0.2, 0) is 14.3 Å². The van der Waals surface area contributed by atoms with Gasteiger partial charge in [-0.3, -0.25) is 4.79 Å². The molecule has 0 bridgehead atoms. The van der Waals surface area contributed by atoms with Gasteiger partial charge in [0.15, 0.2) is 5.78 Å². The average Bonchev–Trinajstić information content (AvgIpc) is 2.36. The molecule has 0 spiro atoms. The van der Waals surface area contributed by atoms with E-state index in [1.165, 1.54) is 0 Å². The molecule has 112 valence electrons. The second-order valence-corrected chi connectivity index (χ2v) is 4.16. The fourth-order valence-corrected chi connectivity index (χ4v) is 1.85. The van der Waals surface area contributed by atoms with Gasteiger partial charge < -0.3 is 36.0 Å². The lowest BCUT2D eigenvalue weighted by molar-refractivity contribution is -0.229. The Morgan fingerprint density at radius 2 is 1.84 bits per heavy atom. The van der Waals surface area contributed by atoms with Crippen LogP contribution in [0.3, 0.4) is 0 Å². The van der Waals surface area contributed by atoms with Crippen LogP contribution in [-0.4, -0.2) is 81.0 Å². The van der Waals surface area contributed by atoms with Crippen molar-refractivity contribution >= 4 is 11.8 Å². The molecular formula is C10H19NO8. The minimum atomic E-state index is -2.86. The van der Waals surface area contributed by atoms with E-state index in [0.29, 0.717) is 0 Å². The van der Waals surface area contributed by atoms with Crippen molar-refractivity contribution in [1.29, 1.82) is 0 Å². The van der Waals surface area contributed by atoms with E-state index >= 15 is 0 Å². The quantitative estimate of drug-likeness (QED) is 0.246. The van der Waals surface area contributed by atoms with Gasteiger partial charge in [-0.2, -0.15) is 0 Å². The summed E-state index contributed by atoms with van der Waals surface area (Å²) >= 11 is 0. The maximum absolute atomic E-state index is 11.7. The first-order valence-corrected chi connectivity index (χ1v) is 5.34. The zero-order chi connectivity index (χ0) is 15.4. The summed E-state index contributed by atoms with van der Waals surface area (Å²) in [6.45, 7) is -0.923. The van der Waals surface area contributed by atoms with E-state index in [1.54, 1.807) is 0 Å². The van der Waals surface area contributed by atoms with Gasteiger partial charge in [-0.25, -0.2) is 4.79 Å². The third kappa shape index (κ3) is 2.76. The van der Waals surface area contributed by atoms with Crippen molar-refractivity contribution in [3.63, 3.8) is 0 Å². The molecule has 0 unspecified atom stereocenters. The van der Waals surface area contributed by atoms with Crippen LogP contribution < -0.4 is 5.73 Å². The summed E-state index contributed by atoms with van der Waals surface area (Å²) in [6.07, 6.45) is -4.02. The van der Waals surface area contributed by atoms with Gasteiger partial charge in [0.1, 0.15) is 17.8 Å². The topological polar surface area (TPSA) is 171 Å². The number of hydrogen-bond acceptors (Lipinski definition) is 8. The van der Waals surface area contributed by atoms with Crippen molar-refractivity contribution < 1.29 is 39.9 Å². The molecular weight excluding hydrogens is 262 g/mol. The minimum absolute atomic E-state index is 0.766. The van der Waals surface area contributed by atoms with E-state index in [0.717, 1.165) is 14.0 Å². The Labute approximate surface area is 109 Å². The monoisotopic (exact) mass is 281 g/mol. The molecule has 0 saturated carbocycles. The van der Waals surface area contributed by atoms with Gasteiger partial charge in [0.05, 0.1) is 13.2 Å². The number of nitrogens with two attached hydrogens (primary N) is 1. The van der Waals surface area contributed by atoms with E-state index in [2.05, 4.69) is 4.74 Å². The van der Waals surface area contributed by atoms with Gasteiger partial charge >= 0.3 is 5.97 Å². The van der Waals surface area contributed by atoms with Crippen LogP contribution in [0.2, 0.25) is 0 Å². The van der Waals surface area contributed by atoms with Gasteiger partial charge in [-0.15, -0.1) is 0 Å². The number of aliphatic hydroxyl groups is 4. The molecule has 0 saturated heterocycles. The van der Waals surface area contributed by atoms with E-state index in [1.807, 2.05) is 0 Å². The number of aliphatic carboxylic acids is 1. The smallest absolute Gasteiger partial charge is 0.347 e. The highest BCUT2D eigenvalue weighted by Gasteiger charge is 2.63. The number of carbonyl (C=O) groups excluding carboxylic acids is 1. The van der Waals surface area contributed by atoms with Crippen molar-refractivity contribution in [3.05, 3.63) is 0 Å². The number of rotatable bonds is 8. The normalized spacial score (nSPS) is 21.0. The third-order valence-corrected chi connectivity index (χ3v) is 3.03. The Bertz CT molecular complexity index is 344. The predicted octanol–water partition coefficient (Wildman–Crippen LogP) is -3.55. The highest BCUT2D eigenvalue weighted by Crippen LogP contribution is 2.32. The summed E-state index contributed by atoms with van der Waals surface area (Å²) in [5.74, 6) is -3.07. The van der Waals surface area contributed by atoms with Crippen LogP contribution in [0.5, 0.6) is 0 Å². The third-order valence-electron chi connectivity index (χ3n) is 3.03. The second-order valence-electron chi connectivity index (χ2n) is 4.16. The summed E-state index contributed by atoms with van der Waals surface area (Å²) in [5, 5.41) is 47.0. The Kier molecular flexibility index (Phi) is 6.00. The maximum Gasteiger partial charge on any atom is 0.347 e. The van der Waals surface area contributed by atoms with E-state index in [4.69, 9.17) is 15.9 Å². The fourth-order valence-electron chi connectivity index (χ4n) is 1.85. The predicted molar refractivity (Wildman–Crippen MR) is 61.2 cm³/mol. The first-order chi connectivity index (χ1) is 8.63. The number of carboxylic acids is 1. The van der Waals surface area contributed by atoms with Crippen molar-refractivity contribution in [2.24, 2.45) is 5.73 Å². The SMILES string of the molecule is CO[C@](C(=O)O)(C(=O)CN)[C@@](C)(O)[C@H](O)[C@H](O)CO. The highest BCUT2D eigenvalue weighted by molar-refractivity contribution is 6.09. The number of carbonyl (C=O) groups is 2. The van der Waals surface area contributed by atoms with E-state index in [-0.39, 0.29) is 0 Å². The Morgan fingerprint density at radius 1 is 1.37 bits per heavy atom. The fraction of sp³-hybridized carbons (Fsp3) is 0.800. The molecule has 0 aromatic carbocycles. The Balaban J connectivity index is 5.85.